The van der Waals surface area contributed by atoms with Crippen LogP contribution in [0, 0.1) is 0 Å². The first-order chi connectivity index (χ1) is 7.27. The molecule has 0 bridgehead atoms. The summed E-state index contributed by atoms with van der Waals surface area (Å²) in [6.45, 7) is 4.38. The van der Waals surface area contributed by atoms with Gasteiger partial charge < -0.3 is 5.32 Å². The highest BCUT2D eigenvalue weighted by Gasteiger charge is 2.12. The molecule has 0 saturated carbocycles. The molecule has 0 fully saturated rings. The van der Waals surface area contributed by atoms with E-state index in [1.807, 2.05) is 11.7 Å². The van der Waals surface area contributed by atoms with Gasteiger partial charge in [-0.2, -0.15) is 0 Å². The molecular formula is C11H14N2S2. The van der Waals surface area contributed by atoms with Crippen LogP contribution in [0.15, 0.2) is 29.2 Å². The Hall–Kier alpha value is -0.710. The lowest BCUT2D eigenvalue weighted by atomic mass is 10.2. The molecule has 1 N–H and O–H groups in total. The van der Waals surface area contributed by atoms with E-state index in [4.69, 9.17) is 0 Å². The van der Waals surface area contributed by atoms with Crippen molar-refractivity contribution in [3.05, 3.63) is 39.0 Å². The van der Waals surface area contributed by atoms with E-state index in [0.29, 0.717) is 12.1 Å². The number of thiophene rings is 1. The Kier molecular flexibility index (Phi) is 3.51. The van der Waals surface area contributed by atoms with Crippen molar-refractivity contribution in [2.45, 2.75) is 25.9 Å². The van der Waals surface area contributed by atoms with Gasteiger partial charge in [-0.15, -0.1) is 22.7 Å². The van der Waals surface area contributed by atoms with E-state index in [1.54, 1.807) is 22.7 Å². The van der Waals surface area contributed by atoms with Gasteiger partial charge in [-0.25, -0.2) is 0 Å². The first kappa shape index (κ1) is 10.8. The zero-order chi connectivity index (χ0) is 10.7. The summed E-state index contributed by atoms with van der Waals surface area (Å²) >= 11 is 3.50. The quantitative estimate of drug-likeness (QED) is 0.880. The van der Waals surface area contributed by atoms with Gasteiger partial charge in [0.15, 0.2) is 0 Å². The van der Waals surface area contributed by atoms with E-state index in [-0.39, 0.29) is 0 Å². The third kappa shape index (κ3) is 2.65. The summed E-state index contributed by atoms with van der Waals surface area (Å²) in [5, 5.41) is 5.68. The molecule has 0 aromatic carbocycles. The molecule has 2 rings (SSSR count). The summed E-state index contributed by atoms with van der Waals surface area (Å²) in [6.07, 6.45) is 1.93. The number of hydrogen-bond acceptors (Lipinski definition) is 4. The molecule has 80 valence electrons. The van der Waals surface area contributed by atoms with Gasteiger partial charge in [0.05, 0.1) is 5.51 Å². The second kappa shape index (κ2) is 4.88. The molecule has 0 aliphatic rings. The average Bonchev–Trinajstić information content (AvgIpc) is 2.91. The van der Waals surface area contributed by atoms with Crippen LogP contribution in [0.1, 0.15) is 35.7 Å². The van der Waals surface area contributed by atoms with Crippen LogP contribution < -0.4 is 5.32 Å². The van der Waals surface area contributed by atoms with Crippen LogP contribution in [0.5, 0.6) is 0 Å². The first-order valence-corrected chi connectivity index (χ1v) is 6.71. The van der Waals surface area contributed by atoms with Gasteiger partial charge in [0.2, 0.25) is 0 Å². The lowest BCUT2D eigenvalue weighted by Crippen LogP contribution is -2.21. The van der Waals surface area contributed by atoms with Gasteiger partial charge >= 0.3 is 0 Å². The predicted molar refractivity (Wildman–Crippen MR) is 66.4 cm³/mol. The second-order valence-corrected chi connectivity index (χ2v) is 5.43. The highest BCUT2D eigenvalue weighted by Crippen LogP contribution is 2.23. The number of nitrogens with one attached hydrogen (secondary N) is 1. The smallest absolute Gasteiger partial charge is 0.0794 e. The Morgan fingerprint density at radius 3 is 2.60 bits per heavy atom. The van der Waals surface area contributed by atoms with Gasteiger partial charge in [-0.3, -0.25) is 4.98 Å². The third-order valence-electron chi connectivity index (χ3n) is 2.35. The summed E-state index contributed by atoms with van der Waals surface area (Å²) in [6, 6.07) is 5.04. The average molecular weight is 238 g/mol. The lowest BCUT2D eigenvalue weighted by Gasteiger charge is -2.17. The van der Waals surface area contributed by atoms with Gasteiger partial charge in [0.25, 0.3) is 0 Å². The monoisotopic (exact) mass is 238 g/mol. The minimum Gasteiger partial charge on any atom is -0.302 e. The summed E-state index contributed by atoms with van der Waals surface area (Å²) in [5.74, 6) is 0. The zero-order valence-corrected chi connectivity index (χ0v) is 10.4. The van der Waals surface area contributed by atoms with Crippen molar-refractivity contribution in [3.63, 3.8) is 0 Å². The van der Waals surface area contributed by atoms with Crippen molar-refractivity contribution < 1.29 is 0 Å². The topological polar surface area (TPSA) is 24.9 Å². The Labute approximate surface area is 98.0 Å². The van der Waals surface area contributed by atoms with Crippen LogP contribution in [0.25, 0.3) is 0 Å². The molecule has 0 spiro atoms. The molecule has 2 aromatic heterocycles. The molecule has 0 amide bonds. The predicted octanol–water partition coefficient (Wildman–Crippen LogP) is 3.62. The summed E-state index contributed by atoms with van der Waals surface area (Å²) in [5.41, 5.74) is 1.88. The molecule has 0 aliphatic heterocycles. The van der Waals surface area contributed by atoms with Crippen LogP contribution in [-0.4, -0.2) is 4.98 Å². The minimum absolute atomic E-state index is 0.370. The molecule has 1 unspecified atom stereocenters. The van der Waals surface area contributed by atoms with Crippen molar-refractivity contribution in [3.8, 4) is 0 Å². The van der Waals surface area contributed by atoms with E-state index in [2.05, 4.69) is 41.7 Å². The number of rotatable bonds is 4. The van der Waals surface area contributed by atoms with Gasteiger partial charge in [0, 0.05) is 28.0 Å². The largest absolute Gasteiger partial charge is 0.302 e. The van der Waals surface area contributed by atoms with E-state index < -0.39 is 0 Å². The number of hydrogen-bond donors (Lipinski definition) is 1. The number of thiazole rings is 1. The van der Waals surface area contributed by atoms with Crippen molar-refractivity contribution in [2.24, 2.45) is 0 Å². The van der Waals surface area contributed by atoms with Crippen LogP contribution in [0.4, 0.5) is 0 Å². The highest BCUT2D eigenvalue weighted by atomic mass is 32.1. The van der Waals surface area contributed by atoms with Crippen LogP contribution >= 0.6 is 22.7 Å². The maximum atomic E-state index is 4.09. The summed E-state index contributed by atoms with van der Waals surface area (Å²) in [7, 11) is 0. The van der Waals surface area contributed by atoms with Crippen molar-refractivity contribution in [1.29, 1.82) is 0 Å². The minimum atomic E-state index is 0.370. The molecule has 2 nitrogen and oxygen atoms in total. The van der Waals surface area contributed by atoms with Crippen LogP contribution in [0.2, 0.25) is 0 Å². The SMILES string of the molecule is CC(N[C@@H](C)c1cccs1)c1cncs1. The van der Waals surface area contributed by atoms with Crippen LogP contribution in [0.3, 0.4) is 0 Å². The van der Waals surface area contributed by atoms with Crippen LogP contribution in [-0.2, 0) is 0 Å². The fourth-order valence-corrected chi connectivity index (χ4v) is 2.90. The Morgan fingerprint density at radius 1 is 1.20 bits per heavy atom. The van der Waals surface area contributed by atoms with Gasteiger partial charge in [0.1, 0.15) is 0 Å². The van der Waals surface area contributed by atoms with Gasteiger partial charge in [-0.1, -0.05) is 6.07 Å². The zero-order valence-electron chi connectivity index (χ0n) is 8.81. The molecule has 4 heteroatoms. The van der Waals surface area contributed by atoms with Gasteiger partial charge in [-0.05, 0) is 25.3 Å². The van der Waals surface area contributed by atoms with E-state index in [0.717, 1.165) is 0 Å². The van der Waals surface area contributed by atoms with E-state index in [9.17, 15) is 0 Å². The molecule has 0 radical (unpaired) electrons. The summed E-state index contributed by atoms with van der Waals surface area (Å²) in [4.78, 5) is 6.77. The van der Waals surface area contributed by atoms with E-state index in [1.165, 1.54) is 9.75 Å². The lowest BCUT2D eigenvalue weighted by molar-refractivity contribution is 0.505. The maximum Gasteiger partial charge on any atom is 0.0794 e. The van der Waals surface area contributed by atoms with Crippen molar-refractivity contribution in [1.82, 2.24) is 10.3 Å². The fraction of sp³-hybridized carbons (Fsp3) is 0.364. The normalized spacial score (nSPS) is 15.1. The summed E-state index contributed by atoms with van der Waals surface area (Å²) < 4.78 is 0. The Balaban J connectivity index is 1.98. The molecule has 2 aromatic rings. The molecule has 2 atom stereocenters. The second-order valence-electron chi connectivity index (χ2n) is 3.53. The molecule has 0 aliphatic carbocycles. The molecular weight excluding hydrogens is 224 g/mol. The van der Waals surface area contributed by atoms with Crippen molar-refractivity contribution >= 4 is 22.7 Å². The Morgan fingerprint density at radius 2 is 2.00 bits per heavy atom. The van der Waals surface area contributed by atoms with E-state index >= 15 is 0 Å². The molecule has 2 heterocycles. The fourth-order valence-electron chi connectivity index (χ4n) is 1.52. The standard InChI is InChI=1S/C11H14N2S2/c1-8(10-4-3-5-14-10)13-9(2)11-6-12-7-15-11/h3-9,13H,1-2H3/t8-,9?/m0/s1. The molecule has 0 saturated heterocycles. The number of aromatic nitrogens is 1. The third-order valence-corrected chi connectivity index (χ3v) is 4.36. The first-order valence-electron chi connectivity index (χ1n) is 4.95. The maximum absolute atomic E-state index is 4.09. The Bertz CT molecular complexity index is 342. The molecule has 15 heavy (non-hydrogen) atoms. The number of nitrogens with zero attached hydrogens (tertiary/aromatic N) is 1. The van der Waals surface area contributed by atoms with Crippen molar-refractivity contribution in [2.75, 3.05) is 0 Å². The highest BCUT2D eigenvalue weighted by molar-refractivity contribution is 7.10.